The van der Waals surface area contributed by atoms with Crippen molar-refractivity contribution in [2.45, 2.75) is 20.5 Å². The van der Waals surface area contributed by atoms with E-state index in [9.17, 15) is 9.59 Å². The fraction of sp³-hybridized carbons (Fsp3) is 0.500. The minimum atomic E-state index is -0.593. The van der Waals surface area contributed by atoms with Gasteiger partial charge in [0.1, 0.15) is 9.88 Å². The lowest BCUT2D eigenvalue weighted by Gasteiger charge is -1.95. The third kappa shape index (κ3) is 2.86. The quantitative estimate of drug-likeness (QED) is 0.581. The zero-order valence-electron chi connectivity index (χ0n) is 9.40. The molecule has 0 unspecified atom stereocenters. The van der Waals surface area contributed by atoms with Gasteiger partial charge in [-0.3, -0.25) is 4.79 Å². The summed E-state index contributed by atoms with van der Waals surface area (Å²) in [6.45, 7) is 4.12. The number of hydrogen-bond acceptors (Lipinski definition) is 6. The molecule has 1 rings (SSSR count). The first-order valence-corrected chi connectivity index (χ1v) is 5.58. The van der Waals surface area contributed by atoms with Gasteiger partial charge in [-0.2, -0.15) is 0 Å². The molecule has 1 aromatic rings. The maximum atomic E-state index is 11.4. The summed E-state index contributed by atoms with van der Waals surface area (Å²) >= 11 is 1.16. The van der Waals surface area contributed by atoms with Crippen LogP contribution >= 0.6 is 11.3 Å². The Bertz CT molecular complexity index is 400. The van der Waals surface area contributed by atoms with Gasteiger partial charge in [0.05, 0.1) is 13.7 Å². The number of ether oxygens (including phenoxy) is 2. The van der Waals surface area contributed by atoms with Crippen molar-refractivity contribution in [3.05, 3.63) is 15.6 Å². The van der Waals surface area contributed by atoms with E-state index in [4.69, 9.17) is 4.74 Å². The van der Waals surface area contributed by atoms with E-state index < -0.39 is 5.97 Å². The van der Waals surface area contributed by atoms with E-state index in [1.807, 2.05) is 6.92 Å². The average molecular weight is 243 g/mol. The highest BCUT2D eigenvalue weighted by atomic mass is 32.1. The molecule has 0 aliphatic heterocycles. The van der Waals surface area contributed by atoms with E-state index in [-0.39, 0.29) is 11.5 Å². The molecule has 0 saturated heterocycles. The minimum Gasteiger partial charge on any atom is -0.464 e. The number of methoxy groups -OCH3 is 1. The van der Waals surface area contributed by atoms with E-state index in [1.165, 1.54) is 14.0 Å². The summed E-state index contributed by atoms with van der Waals surface area (Å²) < 4.78 is 9.72. The van der Waals surface area contributed by atoms with Gasteiger partial charge in [-0.15, -0.1) is 11.3 Å². The van der Waals surface area contributed by atoms with E-state index in [2.05, 4.69) is 9.72 Å². The fourth-order valence-corrected chi connectivity index (χ4v) is 1.97. The van der Waals surface area contributed by atoms with Gasteiger partial charge in [0.15, 0.2) is 11.5 Å². The van der Waals surface area contributed by atoms with Crippen LogP contribution < -0.4 is 0 Å². The number of esters is 1. The lowest BCUT2D eigenvalue weighted by molar-refractivity contribution is 0.0590. The van der Waals surface area contributed by atoms with Crippen LogP contribution in [0.1, 0.15) is 39.0 Å². The zero-order valence-corrected chi connectivity index (χ0v) is 10.2. The number of carbonyl (C=O) groups excluding carboxylic acids is 2. The molecule has 0 spiro atoms. The van der Waals surface area contributed by atoms with Crippen LogP contribution in [0.25, 0.3) is 0 Å². The molecule has 0 aromatic carbocycles. The summed E-state index contributed by atoms with van der Waals surface area (Å²) in [6, 6.07) is 0. The molecule has 0 amide bonds. The van der Waals surface area contributed by atoms with Crippen LogP contribution in [0.5, 0.6) is 0 Å². The molecule has 0 atom stereocenters. The highest BCUT2D eigenvalue weighted by Gasteiger charge is 2.21. The summed E-state index contributed by atoms with van der Waals surface area (Å²) in [5.41, 5.74) is 0.0784. The Balaban J connectivity index is 3.00. The van der Waals surface area contributed by atoms with Gasteiger partial charge in [-0.1, -0.05) is 0 Å². The predicted octanol–water partition coefficient (Wildman–Crippen LogP) is 1.67. The summed E-state index contributed by atoms with van der Waals surface area (Å²) in [5.74, 6) is -0.787. The first kappa shape index (κ1) is 12.8. The second-order valence-electron chi connectivity index (χ2n) is 2.97. The Morgan fingerprint density at radius 3 is 2.62 bits per heavy atom. The van der Waals surface area contributed by atoms with Crippen LogP contribution in [0, 0.1) is 0 Å². The Morgan fingerprint density at radius 2 is 2.12 bits per heavy atom. The highest BCUT2D eigenvalue weighted by Crippen LogP contribution is 2.20. The third-order valence-corrected chi connectivity index (χ3v) is 2.93. The Hall–Kier alpha value is -1.27. The smallest absolute Gasteiger partial charge is 0.358 e. The molecule has 0 saturated carbocycles. The summed E-state index contributed by atoms with van der Waals surface area (Å²) in [4.78, 5) is 27.0. The van der Waals surface area contributed by atoms with Crippen molar-refractivity contribution in [2.75, 3.05) is 13.7 Å². The predicted molar refractivity (Wildman–Crippen MR) is 58.8 cm³/mol. The van der Waals surface area contributed by atoms with E-state index >= 15 is 0 Å². The van der Waals surface area contributed by atoms with Crippen LogP contribution in [0.15, 0.2) is 0 Å². The Kier molecular flexibility index (Phi) is 4.57. The van der Waals surface area contributed by atoms with Gasteiger partial charge in [-0.05, 0) is 6.92 Å². The number of rotatable bonds is 5. The van der Waals surface area contributed by atoms with Gasteiger partial charge in [0.25, 0.3) is 0 Å². The molecule has 0 radical (unpaired) electrons. The largest absolute Gasteiger partial charge is 0.464 e. The molecular weight excluding hydrogens is 230 g/mol. The van der Waals surface area contributed by atoms with Crippen molar-refractivity contribution in [1.82, 2.24) is 4.98 Å². The molecular formula is C10H13NO4S. The lowest BCUT2D eigenvalue weighted by Crippen LogP contribution is -2.07. The molecule has 0 fully saturated rings. The molecule has 0 aliphatic carbocycles. The van der Waals surface area contributed by atoms with Gasteiger partial charge in [0.2, 0.25) is 0 Å². The van der Waals surface area contributed by atoms with Gasteiger partial charge in [0, 0.05) is 13.5 Å². The highest BCUT2D eigenvalue weighted by molar-refractivity contribution is 7.14. The molecule has 1 aromatic heterocycles. The Morgan fingerprint density at radius 1 is 1.44 bits per heavy atom. The zero-order chi connectivity index (χ0) is 12.1. The Labute approximate surface area is 97.4 Å². The molecule has 1 heterocycles. The van der Waals surface area contributed by atoms with Crippen molar-refractivity contribution >= 4 is 23.1 Å². The normalized spacial score (nSPS) is 10.2. The second-order valence-corrected chi connectivity index (χ2v) is 4.05. The summed E-state index contributed by atoms with van der Waals surface area (Å²) in [7, 11) is 1.26. The molecule has 6 heteroatoms. The van der Waals surface area contributed by atoms with Crippen molar-refractivity contribution in [1.29, 1.82) is 0 Å². The molecule has 88 valence electrons. The van der Waals surface area contributed by atoms with Crippen LogP contribution in [-0.2, 0) is 16.1 Å². The van der Waals surface area contributed by atoms with Crippen molar-refractivity contribution in [2.24, 2.45) is 0 Å². The molecule has 0 aliphatic rings. The number of nitrogens with zero attached hydrogens (tertiary/aromatic N) is 1. The number of carbonyl (C=O) groups is 2. The number of thiazole rings is 1. The minimum absolute atomic E-state index is 0.0784. The molecule has 0 bridgehead atoms. The topological polar surface area (TPSA) is 65.5 Å². The van der Waals surface area contributed by atoms with Crippen molar-refractivity contribution in [3.63, 3.8) is 0 Å². The number of ketones is 1. The van der Waals surface area contributed by atoms with Gasteiger partial charge >= 0.3 is 5.97 Å². The average Bonchev–Trinajstić information content (AvgIpc) is 2.69. The van der Waals surface area contributed by atoms with Crippen LogP contribution in [0.3, 0.4) is 0 Å². The molecule has 16 heavy (non-hydrogen) atoms. The van der Waals surface area contributed by atoms with Crippen molar-refractivity contribution in [3.8, 4) is 0 Å². The first-order chi connectivity index (χ1) is 7.60. The molecule has 5 nitrogen and oxygen atoms in total. The number of hydrogen-bond donors (Lipinski definition) is 0. The molecule has 0 N–H and O–H groups in total. The van der Waals surface area contributed by atoms with Crippen molar-refractivity contribution < 1.29 is 19.1 Å². The van der Waals surface area contributed by atoms with Gasteiger partial charge in [-0.25, -0.2) is 9.78 Å². The number of aromatic nitrogens is 1. The second kappa shape index (κ2) is 5.72. The fourth-order valence-electron chi connectivity index (χ4n) is 1.09. The van der Waals surface area contributed by atoms with Gasteiger partial charge < -0.3 is 9.47 Å². The first-order valence-electron chi connectivity index (χ1n) is 4.76. The number of Topliss-reactive ketones (excluding diaryl/α,β-unsaturated/α-hetero) is 1. The van der Waals surface area contributed by atoms with Crippen LogP contribution in [0.4, 0.5) is 0 Å². The summed E-state index contributed by atoms with van der Waals surface area (Å²) in [5, 5.41) is 0.604. The van der Waals surface area contributed by atoms with Crippen LogP contribution in [-0.4, -0.2) is 30.5 Å². The standard InChI is InChI=1S/C10H13NO4S/c1-4-15-5-7-11-8(10(13)14-3)9(16-7)6(2)12/h4-5H2,1-3H3. The SMILES string of the molecule is CCOCc1nc(C(=O)OC)c(C(C)=O)s1. The summed E-state index contributed by atoms with van der Waals surface area (Å²) in [6.07, 6.45) is 0. The maximum Gasteiger partial charge on any atom is 0.358 e. The third-order valence-electron chi connectivity index (χ3n) is 1.80. The lowest BCUT2D eigenvalue weighted by atomic mass is 10.3. The maximum absolute atomic E-state index is 11.4. The van der Waals surface area contributed by atoms with E-state index in [1.54, 1.807) is 0 Å². The van der Waals surface area contributed by atoms with Crippen LogP contribution in [0.2, 0.25) is 0 Å². The van der Waals surface area contributed by atoms with E-state index in [0.717, 1.165) is 11.3 Å². The van der Waals surface area contributed by atoms with E-state index in [0.29, 0.717) is 23.1 Å². The monoisotopic (exact) mass is 243 g/mol.